The van der Waals surface area contributed by atoms with Gasteiger partial charge in [-0.3, -0.25) is 0 Å². The third-order valence-electron chi connectivity index (χ3n) is 9.71. The van der Waals surface area contributed by atoms with E-state index in [0.29, 0.717) is 0 Å². The zero-order valence-electron chi connectivity index (χ0n) is 26.0. The monoisotopic (exact) mass is 629 g/mol. The first-order chi connectivity index (χ1) is 23.8. The molecule has 0 saturated carbocycles. The van der Waals surface area contributed by atoms with Crippen LogP contribution in [0.3, 0.4) is 0 Å². The fourth-order valence-corrected chi connectivity index (χ4v) is 8.91. The quantitative estimate of drug-likeness (QED) is 0.180. The molecule has 0 fully saturated rings. The molecule has 8 aromatic rings. The average molecular weight is 630 g/mol. The lowest BCUT2D eigenvalue weighted by atomic mass is 9.37. The molecule has 4 heteroatoms. The summed E-state index contributed by atoms with van der Waals surface area (Å²) in [6.45, 7) is -0.0669. The predicted octanol–water partition coefficient (Wildman–Crippen LogP) is 10.2. The maximum Gasteiger partial charge on any atom is 0.295 e. The van der Waals surface area contributed by atoms with Gasteiger partial charge >= 0.3 is 0 Å². The Morgan fingerprint density at radius 1 is 0.542 bits per heavy atom. The molecule has 2 nitrogen and oxygen atoms in total. The van der Waals surface area contributed by atoms with Crippen molar-refractivity contribution in [1.82, 2.24) is 0 Å². The average Bonchev–Trinajstić information content (AvgIpc) is 3.56. The van der Waals surface area contributed by atoms with Gasteiger partial charge in [-0.05, 0) is 63.3 Å². The summed E-state index contributed by atoms with van der Waals surface area (Å²) >= 11 is 1.88. The topological polar surface area (TPSA) is 16.4 Å². The lowest BCUT2D eigenvalue weighted by Gasteiger charge is -2.38. The van der Waals surface area contributed by atoms with Crippen LogP contribution in [0.2, 0.25) is 0 Å². The summed E-state index contributed by atoms with van der Waals surface area (Å²) in [5, 5.41) is 2.50. The largest absolute Gasteiger partial charge is 0.467 e. The molecule has 2 aliphatic heterocycles. The summed E-state index contributed by atoms with van der Waals surface area (Å²) in [5.74, 6) is 0.896. The Morgan fingerprint density at radius 2 is 1.23 bits per heavy atom. The highest BCUT2D eigenvalue weighted by molar-refractivity contribution is 8.00. The van der Waals surface area contributed by atoms with Crippen LogP contribution >= 0.6 is 11.8 Å². The second-order valence-corrected chi connectivity index (χ2v) is 13.5. The highest BCUT2D eigenvalue weighted by Gasteiger charge is 2.46. The SMILES string of the molecule is c1ccc(-c2oc3c(c2-c2ccccc2)N(c2ccccc2)c2cccc4c2B3c2cccc(-c3ccc5ccccc5c3)c2S4)cc1. The predicted molar refractivity (Wildman–Crippen MR) is 202 cm³/mol. The smallest absolute Gasteiger partial charge is 0.295 e. The second-order valence-electron chi connectivity index (χ2n) is 12.4. The molecule has 0 unspecified atom stereocenters. The maximum atomic E-state index is 7.29. The summed E-state index contributed by atoms with van der Waals surface area (Å²) in [6, 6.07) is 61.1. The highest BCUT2D eigenvalue weighted by atomic mass is 32.2. The van der Waals surface area contributed by atoms with E-state index in [2.05, 4.69) is 175 Å². The van der Waals surface area contributed by atoms with Gasteiger partial charge in [0.2, 0.25) is 0 Å². The Kier molecular flexibility index (Phi) is 6.25. The minimum Gasteiger partial charge on any atom is -0.467 e. The van der Waals surface area contributed by atoms with Gasteiger partial charge in [0.15, 0.2) is 0 Å². The lowest BCUT2D eigenvalue weighted by molar-refractivity contribution is 0.616. The summed E-state index contributed by atoms with van der Waals surface area (Å²) in [7, 11) is 0. The van der Waals surface area contributed by atoms with Crippen molar-refractivity contribution in [2.45, 2.75) is 9.79 Å². The molecule has 1 aromatic heterocycles. The van der Waals surface area contributed by atoms with Gasteiger partial charge in [0.25, 0.3) is 6.71 Å². The molecule has 0 N–H and O–H groups in total. The van der Waals surface area contributed by atoms with E-state index in [1.807, 2.05) is 11.8 Å². The second kappa shape index (κ2) is 10.9. The molecule has 0 aliphatic carbocycles. The van der Waals surface area contributed by atoms with E-state index < -0.39 is 0 Å². The van der Waals surface area contributed by atoms with E-state index in [1.165, 1.54) is 48.3 Å². The van der Waals surface area contributed by atoms with Crippen LogP contribution in [-0.4, -0.2) is 6.71 Å². The number of para-hydroxylation sites is 1. The van der Waals surface area contributed by atoms with Crippen LogP contribution in [0.4, 0.5) is 17.1 Å². The Labute approximate surface area is 284 Å². The maximum absolute atomic E-state index is 7.29. The zero-order valence-corrected chi connectivity index (χ0v) is 26.8. The molecule has 0 saturated heterocycles. The fourth-order valence-electron chi connectivity index (χ4n) is 7.61. The number of benzene rings is 7. The van der Waals surface area contributed by atoms with Crippen molar-refractivity contribution in [3.05, 3.63) is 170 Å². The molecule has 7 aromatic carbocycles. The summed E-state index contributed by atoms with van der Waals surface area (Å²) < 4.78 is 7.29. The van der Waals surface area contributed by atoms with Crippen LogP contribution in [0, 0.1) is 0 Å². The van der Waals surface area contributed by atoms with Crippen LogP contribution in [-0.2, 0) is 0 Å². The first-order valence-electron chi connectivity index (χ1n) is 16.4. The number of fused-ring (bicyclic) bond motifs is 5. The summed E-state index contributed by atoms with van der Waals surface area (Å²) in [4.78, 5) is 4.99. The van der Waals surface area contributed by atoms with Crippen molar-refractivity contribution >= 4 is 62.9 Å². The van der Waals surface area contributed by atoms with E-state index in [9.17, 15) is 0 Å². The number of rotatable bonds is 4. The van der Waals surface area contributed by atoms with E-state index in [4.69, 9.17) is 4.42 Å². The van der Waals surface area contributed by atoms with E-state index in [-0.39, 0.29) is 6.71 Å². The van der Waals surface area contributed by atoms with Crippen molar-refractivity contribution in [1.29, 1.82) is 0 Å². The molecule has 0 spiro atoms. The lowest BCUT2D eigenvalue weighted by Crippen LogP contribution is -2.59. The van der Waals surface area contributed by atoms with Gasteiger partial charge in [0.1, 0.15) is 5.76 Å². The number of furan rings is 1. The molecule has 2 aliphatic rings. The molecule has 48 heavy (non-hydrogen) atoms. The van der Waals surface area contributed by atoms with Crippen molar-refractivity contribution in [3.63, 3.8) is 0 Å². The third-order valence-corrected chi connectivity index (χ3v) is 10.9. The van der Waals surface area contributed by atoms with Gasteiger partial charge in [0.05, 0.1) is 16.9 Å². The minimum absolute atomic E-state index is 0.0669. The highest BCUT2D eigenvalue weighted by Crippen LogP contribution is 2.50. The van der Waals surface area contributed by atoms with E-state index in [1.54, 1.807) is 0 Å². The first kappa shape index (κ1) is 27.4. The summed E-state index contributed by atoms with van der Waals surface area (Å²) in [6.07, 6.45) is 0. The third kappa shape index (κ3) is 4.16. The Hall–Kier alpha value is -5.71. The molecular formula is C44H28BNOS. The van der Waals surface area contributed by atoms with E-state index >= 15 is 0 Å². The van der Waals surface area contributed by atoms with Crippen LogP contribution in [0.25, 0.3) is 44.3 Å². The van der Waals surface area contributed by atoms with Gasteiger partial charge in [-0.25, -0.2) is 0 Å². The standard InChI is InChI=1S/C44H28BNOS/c1-4-15-30(16-5-1)39-41-44(47-42(39)31-17-6-2-7-18-31)45-36-23-12-22-35(33-27-26-29-14-10-11-19-32(29)28-33)43(36)48-38-25-13-24-37(40(38)45)46(41)34-20-8-3-9-21-34/h1-28H. The number of anilines is 3. The zero-order chi connectivity index (χ0) is 31.6. The van der Waals surface area contributed by atoms with Gasteiger partial charge in [-0.2, -0.15) is 0 Å². The van der Waals surface area contributed by atoms with Gasteiger partial charge in [0, 0.05) is 26.7 Å². The fraction of sp³-hybridized carbons (Fsp3) is 0. The Balaban J connectivity index is 1.29. The van der Waals surface area contributed by atoms with Crippen molar-refractivity contribution in [2.24, 2.45) is 0 Å². The molecule has 0 bridgehead atoms. The van der Waals surface area contributed by atoms with Gasteiger partial charge in [-0.1, -0.05) is 157 Å². The minimum atomic E-state index is -0.0669. The summed E-state index contributed by atoms with van der Waals surface area (Å²) in [5.41, 5.74) is 12.8. The van der Waals surface area contributed by atoms with Crippen molar-refractivity contribution < 1.29 is 4.42 Å². The van der Waals surface area contributed by atoms with Crippen LogP contribution in [0.5, 0.6) is 0 Å². The number of nitrogens with zero attached hydrogens (tertiary/aromatic N) is 1. The van der Waals surface area contributed by atoms with Crippen LogP contribution in [0.1, 0.15) is 0 Å². The van der Waals surface area contributed by atoms with Crippen LogP contribution in [0.15, 0.2) is 184 Å². The van der Waals surface area contributed by atoms with Crippen molar-refractivity contribution in [3.8, 4) is 33.6 Å². The molecule has 3 heterocycles. The molecule has 224 valence electrons. The number of hydrogen-bond donors (Lipinski definition) is 0. The van der Waals surface area contributed by atoms with Crippen molar-refractivity contribution in [2.75, 3.05) is 4.90 Å². The van der Waals surface area contributed by atoms with Crippen LogP contribution < -0.4 is 21.5 Å². The molecular weight excluding hydrogens is 601 g/mol. The Morgan fingerprint density at radius 3 is 2.02 bits per heavy atom. The molecule has 10 rings (SSSR count). The normalized spacial score (nSPS) is 12.8. The first-order valence-corrected chi connectivity index (χ1v) is 17.2. The molecule has 0 amide bonds. The molecule has 0 radical (unpaired) electrons. The Bertz CT molecular complexity index is 2490. The number of hydrogen-bond acceptors (Lipinski definition) is 3. The van der Waals surface area contributed by atoms with Gasteiger partial charge in [-0.15, -0.1) is 0 Å². The van der Waals surface area contributed by atoms with E-state index in [0.717, 1.165) is 39.5 Å². The molecule has 0 atom stereocenters. The van der Waals surface area contributed by atoms with Gasteiger partial charge < -0.3 is 9.32 Å².